The van der Waals surface area contributed by atoms with E-state index in [2.05, 4.69) is 4.99 Å². The molecule has 2 unspecified atom stereocenters. The molecule has 1 fully saturated rings. The van der Waals surface area contributed by atoms with Gasteiger partial charge in [-0.25, -0.2) is 14.3 Å². The Balaban J connectivity index is 1.93. The standard InChI is InChI=1S/C21H24N5O4/c1-11-12(2)25-17-18(23(5)21(29)26(19(17)28)13(3)14(4)27)22-20(25)24(11)15-9-7-8-10-16(15)30-6/h7-10,13,17H,1-6H3/q+1. The number of imidazole rings is 1. The number of hydrogen-bond acceptors (Lipinski definition) is 5. The Labute approximate surface area is 174 Å². The van der Waals surface area contributed by atoms with Gasteiger partial charge in [0.15, 0.2) is 11.5 Å². The van der Waals surface area contributed by atoms with E-state index in [-0.39, 0.29) is 5.78 Å². The summed E-state index contributed by atoms with van der Waals surface area (Å²) in [6, 6.07) is 5.33. The Morgan fingerprint density at radius 1 is 1.23 bits per heavy atom. The maximum atomic E-state index is 13.4. The van der Waals surface area contributed by atoms with Gasteiger partial charge in [0.2, 0.25) is 11.9 Å². The van der Waals surface area contributed by atoms with Gasteiger partial charge in [0.1, 0.15) is 17.1 Å². The number of carbonyl (C=O) groups excluding carboxylic acids is 3. The van der Waals surface area contributed by atoms with Crippen molar-refractivity contribution >= 4 is 29.5 Å². The van der Waals surface area contributed by atoms with Crippen LogP contribution in [-0.2, 0) is 9.59 Å². The molecule has 2 atom stereocenters. The Kier molecular flexibility index (Phi) is 4.48. The number of likely N-dealkylation sites (N-methyl/N-ethyl adjacent to an activating group) is 1. The maximum absolute atomic E-state index is 13.4. The summed E-state index contributed by atoms with van der Waals surface area (Å²) in [4.78, 5) is 45.3. The van der Waals surface area contributed by atoms with E-state index >= 15 is 0 Å². The third-order valence-electron chi connectivity index (χ3n) is 5.96. The molecule has 3 amide bonds. The number of urea groups is 1. The van der Waals surface area contributed by atoms with Crippen LogP contribution in [-0.4, -0.2) is 58.1 Å². The molecule has 156 valence electrons. The molecule has 1 aromatic carbocycles. The summed E-state index contributed by atoms with van der Waals surface area (Å²) in [5, 5.41) is 0. The van der Waals surface area contributed by atoms with Crippen molar-refractivity contribution in [3.8, 4) is 11.4 Å². The number of Topliss-reactive ketones (excluding diaryl/α,β-unsaturated/α-hetero) is 1. The lowest BCUT2D eigenvalue weighted by Crippen LogP contribution is -2.65. The summed E-state index contributed by atoms with van der Waals surface area (Å²) in [7, 11) is 3.17. The third-order valence-corrected chi connectivity index (χ3v) is 5.96. The Morgan fingerprint density at radius 3 is 2.53 bits per heavy atom. The van der Waals surface area contributed by atoms with E-state index in [1.54, 1.807) is 21.1 Å². The molecular weight excluding hydrogens is 386 g/mol. The SMILES string of the molecule is COc1ccccc1-n1c(C)c(C)[n+]2c1N=C1C2C(=O)N(C(C)C(C)=O)C(=O)N1C. The van der Waals surface area contributed by atoms with Crippen molar-refractivity contribution < 1.29 is 23.7 Å². The molecule has 1 aromatic heterocycles. The monoisotopic (exact) mass is 410 g/mol. The van der Waals surface area contributed by atoms with Crippen LogP contribution in [0.3, 0.4) is 0 Å². The zero-order valence-corrected chi connectivity index (χ0v) is 17.8. The highest BCUT2D eigenvalue weighted by molar-refractivity contribution is 6.20. The van der Waals surface area contributed by atoms with Crippen molar-refractivity contribution in [2.75, 3.05) is 14.2 Å². The molecule has 2 aromatic rings. The molecule has 0 bridgehead atoms. The molecular formula is C21H24N5O4+. The molecule has 0 N–H and O–H groups in total. The van der Waals surface area contributed by atoms with Gasteiger partial charge in [-0.1, -0.05) is 17.1 Å². The van der Waals surface area contributed by atoms with Gasteiger partial charge in [-0.05, 0) is 39.8 Å². The first-order chi connectivity index (χ1) is 14.2. The summed E-state index contributed by atoms with van der Waals surface area (Å²) in [6.45, 7) is 6.79. The molecule has 2 aliphatic heterocycles. The summed E-state index contributed by atoms with van der Waals surface area (Å²) >= 11 is 0. The first-order valence-electron chi connectivity index (χ1n) is 9.67. The highest BCUT2D eigenvalue weighted by atomic mass is 16.5. The maximum Gasteiger partial charge on any atom is 0.407 e. The van der Waals surface area contributed by atoms with E-state index in [0.717, 1.165) is 22.0 Å². The number of aromatic nitrogens is 2. The second-order valence-electron chi connectivity index (χ2n) is 7.56. The molecule has 0 spiro atoms. The summed E-state index contributed by atoms with van der Waals surface area (Å²) in [5.74, 6) is 0.826. The van der Waals surface area contributed by atoms with Gasteiger partial charge in [-0.15, -0.1) is 0 Å². The van der Waals surface area contributed by atoms with Crippen molar-refractivity contribution in [2.45, 2.75) is 39.8 Å². The van der Waals surface area contributed by atoms with Gasteiger partial charge in [0, 0.05) is 7.05 Å². The van der Waals surface area contributed by atoms with E-state index < -0.39 is 24.0 Å². The number of hydrogen-bond donors (Lipinski definition) is 0. The van der Waals surface area contributed by atoms with Crippen molar-refractivity contribution in [2.24, 2.45) is 4.99 Å². The number of fused-ring (bicyclic) bond motifs is 3. The summed E-state index contributed by atoms with van der Waals surface area (Å²) in [6.07, 6.45) is 0. The zero-order valence-electron chi connectivity index (χ0n) is 17.8. The van der Waals surface area contributed by atoms with E-state index in [1.807, 2.05) is 47.2 Å². The smallest absolute Gasteiger partial charge is 0.407 e. The minimum Gasteiger partial charge on any atom is -0.493 e. The van der Waals surface area contributed by atoms with Gasteiger partial charge >= 0.3 is 12.0 Å². The van der Waals surface area contributed by atoms with E-state index in [4.69, 9.17) is 4.74 Å². The fourth-order valence-electron chi connectivity index (χ4n) is 4.04. The van der Waals surface area contributed by atoms with Crippen LogP contribution in [0.4, 0.5) is 10.7 Å². The number of para-hydroxylation sites is 2. The number of carbonyl (C=O) groups is 3. The number of benzene rings is 1. The molecule has 1 saturated heterocycles. The zero-order chi connectivity index (χ0) is 21.9. The molecule has 9 nitrogen and oxygen atoms in total. The number of ether oxygens (including phenoxy) is 1. The minimum absolute atomic E-state index is 0.256. The molecule has 3 heterocycles. The second-order valence-corrected chi connectivity index (χ2v) is 7.56. The summed E-state index contributed by atoms with van der Waals surface area (Å²) < 4.78 is 9.26. The minimum atomic E-state index is -0.851. The number of ketones is 1. The second kappa shape index (κ2) is 6.79. The quantitative estimate of drug-likeness (QED) is 0.720. The normalized spacial score (nSPS) is 18.9. The van der Waals surface area contributed by atoms with E-state index in [0.29, 0.717) is 17.5 Å². The molecule has 0 saturated carbocycles. The van der Waals surface area contributed by atoms with Gasteiger partial charge in [-0.3, -0.25) is 14.5 Å². The lowest BCUT2D eigenvalue weighted by Gasteiger charge is -2.35. The fraction of sp³-hybridized carbons (Fsp3) is 0.381. The van der Waals surface area contributed by atoms with Crippen molar-refractivity contribution in [1.82, 2.24) is 14.4 Å². The van der Waals surface area contributed by atoms with Crippen LogP contribution in [0.15, 0.2) is 29.3 Å². The fourth-order valence-corrected chi connectivity index (χ4v) is 4.04. The largest absolute Gasteiger partial charge is 0.493 e. The van der Waals surface area contributed by atoms with Crippen LogP contribution in [0.1, 0.15) is 31.3 Å². The predicted molar refractivity (Wildman–Crippen MR) is 108 cm³/mol. The molecule has 2 aliphatic rings. The predicted octanol–water partition coefficient (Wildman–Crippen LogP) is 1.85. The molecule has 0 radical (unpaired) electrons. The number of aliphatic imine (C=N–C) groups is 1. The molecule has 4 rings (SSSR count). The number of imide groups is 1. The lowest BCUT2D eigenvalue weighted by molar-refractivity contribution is -0.682. The van der Waals surface area contributed by atoms with Crippen molar-refractivity contribution in [3.05, 3.63) is 35.7 Å². The lowest BCUT2D eigenvalue weighted by atomic mass is 10.1. The van der Waals surface area contributed by atoms with Gasteiger partial charge in [-0.2, -0.15) is 4.57 Å². The van der Waals surface area contributed by atoms with Crippen molar-refractivity contribution in [1.29, 1.82) is 0 Å². The van der Waals surface area contributed by atoms with Crippen LogP contribution >= 0.6 is 0 Å². The number of amidine groups is 1. The molecule has 0 aliphatic carbocycles. The van der Waals surface area contributed by atoms with Gasteiger partial charge in [0.05, 0.1) is 13.2 Å². The first kappa shape index (κ1) is 19.8. The number of rotatable bonds is 4. The third kappa shape index (κ3) is 2.51. The van der Waals surface area contributed by atoms with Crippen LogP contribution in [0.5, 0.6) is 5.75 Å². The van der Waals surface area contributed by atoms with E-state index in [9.17, 15) is 14.4 Å². The average Bonchev–Trinajstić information content (AvgIpc) is 3.22. The van der Waals surface area contributed by atoms with Crippen LogP contribution < -0.4 is 9.30 Å². The topological polar surface area (TPSA) is 88.1 Å². The Morgan fingerprint density at radius 2 is 1.90 bits per heavy atom. The number of methoxy groups -OCH3 is 1. The number of amides is 3. The van der Waals surface area contributed by atoms with Gasteiger partial charge in [0.25, 0.3) is 5.91 Å². The van der Waals surface area contributed by atoms with E-state index in [1.165, 1.54) is 11.8 Å². The summed E-state index contributed by atoms with van der Waals surface area (Å²) in [5.41, 5.74) is 2.52. The van der Waals surface area contributed by atoms with Crippen LogP contribution in [0.2, 0.25) is 0 Å². The first-order valence-corrected chi connectivity index (χ1v) is 9.67. The molecule has 9 heteroatoms. The van der Waals surface area contributed by atoms with Crippen LogP contribution in [0.25, 0.3) is 5.69 Å². The average molecular weight is 410 g/mol. The Hall–Kier alpha value is -3.49. The number of nitrogens with zero attached hydrogens (tertiary/aromatic N) is 5. The highest BCUT2D eigenvalue weighted by Gasteiger charge is 2.55. The van der Waals surface area contributed by atoms with Gasteiger partial charge < -0.3 is 4.74 Å². The van der Waals surface area contributed by atoms with Crippen LogP contribution in [0, 0.1) is 13.8 Å². The highest BCUT2D eigenvalue weighted by Crippen LogP contribution is 2.35. The molecule has 30 heavy (non-hydrogen) atoms. The van der Waals surface area contributed by atoms with Crippen molar-refractivity contribution in [3.63, 3.8) is 0 Å². The Bertz CT molecular complexity index is 1130.